The molecule has 3 fully saturated rings. The van der Waals surface area contributed by atoms with E-state index in [0.29, 0.717) is 11.3 Å². The average molecular weight is 375 g/mol. The quantitative estimate of drug-likeness (QED) is 0.786. The number of likely N-dealkylation sites (tertiary alicyclic amines) is 2. The fourth-order valence-corrected chi connectivity index (χ4v) is 5.41. The number of carbonyl (C=O) groups excluding carboxylic acids is 1. The summed E-state index contributed by atoms with van der Waals surface area (Å²) in [7, 11) is 0. The van der Waals surface area contributed by atoms with Crippen LogP contribution < -0.4 is 0 Å². The van der Waals surface area contributed by atoms with Crippen molar-refractivity contribution in [1.29, 1.82) is 0 Å². The van der Waals surface area contributed by atoms with E-state index in [-0.39, 0.29) is 5.91 Å². The van der Waals surface area contributed by atoms with E-state index in [2.05, 4.69) is 40.1 Å². The molecule has 0 radical (unpaired) electrons. The van der Waals surface area contributed by atoms with Gasteiger partial charge in [0.25, 0.3) is 5.91 Å². The SMILES string of the molecule is O=C(c1ccccc1)N1CCC2(CC1)CC(c1ccccc1)CN(C1CC1)C2. The molecule has 28 heavy (non-hydrogen) atoms. The van der Waals surface area contributed by atoms with Crippen molar-refractivity contribution in [2.45, 2.75) is 44.1 Å². The molecular formula is C25H30N2O. The largest absolute Gasteiger partial charge is 0.339 e. The van der Waals surface area contributed by atoms with Crippen molar-refractivity contribution in [1.82, 2.24) is 9.80 Å². The maximum atomic E-state index is 12.9. The molecule has 2 heterocycles. The molecule has 2 aromatic rings. The molecule has 2 saturated heterocycles. The Hall–Kier alpha value is -2.13. The lowest BCUT2D eigenvalue weighted by Gasteiger charge is -2.50. The zero-order valence-corrected chi connectivity index (χ0v) is 16.6. The highest BCUT2D eigenvalue weighted by Gasteiger charge is 2.46. The van der Waals surface area contributed by atoms with Gasteiger partial charge in [0.2, 0.25) is 0 Å². The first-order valence-corrected chi connectivity index (χ1v) is 10.9. The molecule has 0 bridgehead atoms. The molecule has 146 valence electrons. The number of carbonyl (C=O) groups is 1. The molecule has 1 atom stereocenters. The molecule has 3 heteroatoms. The molecule has 5 rings (SSSR count). The van der Waals surface area contributed by atoms with Crippen LogP contribution in [0.25, 0.3) is 0 Å². The maximum absolute atomic E-state index is 12.9. The molecule has 1 amide bonds. The lowest BCUT2D eigenvalue weighted by Crippen LogP contribution is -2.53. The summed E-state index contributed by atoms with van der Waals surface area (Å²) >= 11 is 0. The van der Waals surface area contributed by atoms with Crippen LogP contribution in [-0.2, 0) is 0 Å². The van der Waals surface area contributed by atoms with Gasteiger partial charge >= 0.3 is 0 Å². The highest BCUT2D eigenvalue weighted by Crippen LogP contribution is 2.47. The number of nitrogens with zero attached hydrogens (tertiary/aromatic N) is 2. The molecule has 3 nitrogen and oxygen atoms in total. The fourth-order valence-electron chi connectivity index (χ4n) is 5.41. The van der Waals surface area contributed by atoms with Crippen molar-refractivity contribution in [2.75, 3.05) is 26.2 Å². The zero-order chi connectivity index (χ0) is 19.0. The van der Waals surface area contributed by atoms with Crippen molar-refractivity contribution >= 4 is 5.91 Å². The molecule has 2 aromatic carbocycles. The van der Waals surface area contributed by atoms with Crippen molar-refractivity contribution in [3.63, 3.8) is 0 Å². The lowest BCUT2D eigenvalue weighted by atomic mass is 9.68. The third-order valence-electron chi connectivity index (χ3n) is 7.14. The van der Waals surface area contributed by atoms with Crippen LogP contribution in [0.15, 0.2) is 60.7 Å². The fraction of sp³-hybridized carbons (Fsp3) is 0.480. The van der Waals surface area contributed by atoms with Gasteiger partial charge in [0.1, 0.15) is 0 Å². The van der Waals surface area contributed by atoms with Crippen LogP contribution in [0.5, 0.6) is 0 Å². The molecule has 2 aliphatic heterocycles. The van der Waals surface area contributed by atoms with E-state index >= 15 is 0 Å². The summed E-state index contributed by atoms with van der Waals surface area (Å²) in [6.07, 6.45) is 6.29. The van der Waals surface area contributed by atoms with E-state index < -0.39 is 0 Å². The van der Waals surface area contributed by atoms with E-state index in [1.54, 1.807) is 0 Å². The van der Waals surface area contributed by atoms with Gasteiger partial charge < -0.3 is 4.90 Å². The Morgan fingerprint density at radius 1 is 0.893 bits per heavy atom. The smallest absolute Gasteiger partial charge is 0.253 e. The first-order chi connectivity index (χ1) is 13.7. The second-order valence-electron chi connectivity index (χ2n) is 9.13. The van der Waals surface area contributed by atoms with Crippen molar-refractivity contribution in [3.8, 4) is 0 Å². The molecule has 1 unspecified atom stereocenters. The Morgan fingerprint density at radius 3 is 2.18 bits per heavy atom. The zero-order valence-electron chi connectivity index (χ0n) is 16.6. The molecule has 3 aliphatic rings. The summed E-state index contributed by atoms with van der Waals surface area (Å²) in [6, 6.07) is 21.7. The van der Waals surface area contributed by atoms with E-state index in [1.165, 1.54) is 37.9 Å². The van der Waals surface area contributed by atoms with Crippen molar-refractivity contribution < 1.29 is 4.79 Å². The Bertz CT molecular complexity index is 807. The van der Waals surface area contributed by atoms with Crippen LogP contribution in [0, 0.1) is 5.41 Å². The van der Waals surface area contributed by atoms with Gasteiger partial charge in [-0.1, -0.05) is 48.5 Å². The standard InChI is InChI=1S/C25H30N2O/c28-24(21-9-5-2-6-10-21)26-15-13-25(14-16-26)17-22(20-7-3-1-4-8-20)18-27(19-25)23-11-12-23/h1-10,22-23H,11-19H2. The summed E-state index contributed by atoms with van der Waals surface area (Å²) in [6.45, 7) is 4.24. The van der Waals surface area contributed by atoms with Gasteiger partial charge in [0.05, 0.1) is 0 Å². The second-order valence-corrected chi connectivity index (χ2v) is 9.13. The summed E-state index contributed by atoms with van der Waals surface area (Å²) < 4.78 is 0. The molecule has 0 N–H and O–H groups in total. The number of piperidine rings is 2. The molecule has 1 saturated carbocycles. The van der Waals surface area contributed by atoms with Gasteiger partial charge in [-0.25, -0.2) is 0 Å². The minimum Gasteiger partial charge on any atom is -0.339 e. The molecule has 1 aliphatic carbocycles. The summed E-state index contributed by atoms with van der Waals surface area (Å²) in [5.74, 6) is 0.830. The highest BCUT2D eigenvalue weighted by molar-refractivity contribution is 5.94. The van der Waals surface area contributed by atoms with Crippen LogP contribution in [-0.4, -0.2) is 47.9 Å². The van der Waals surface area contributed by atoms with Crippen LogP contribution >= 0.6 is 0 Å². The minimum atomic E-state index is 0.199. The van der Waals surface area contributed by atoms with Gasteiger partial charge in [-0.2, -0.15) is 0 Å². The number of rotatable bonds is 3. The lowest BCUT2D eigenvalue weighted by molar-refractivity contribution is 0.0111. The summed E-state index contributed by atoms with van der Waals surface area (Å²) in [4.78, 5) is 17.7. The minimum absolute atomic E-state index is 0.199. The highest BCUT2D eigenvalue weighted by atomic mass is 16.2. The maximum Gasteiger partial charge on any atom is 0.253 e. The van der Waals surface area contributed by atoms with Crippen molar-refractivity contribution in [2.24, 2.45) is 5.41 Å². The second kappa shape index (κ2) is 7.36. The Balaban J connectivity index is 1.31. The first kappa shape index (κ1) is 17.9. The predicted octanol–water partition coefficient (Wildman–Crippen LogP) is 4.56. The average Bonchev–Trinajstić information content (AvgIpc) is 3.60. The molecule has 0 aromatic heterocycles. The Labute approximate surface area is 168 Å². The topological polar surface area (TPSA) is 23.6 Å². The third-order valence-corrected chi connectivity index (χ3v) is 7.14. The first-order valence-electron chi connectivity index (χ1n) is 10.9. The normalized spacial score (nSPS) is 25.0. The van der Waals surface area contributed by atoms with Gasteiger partial charge in [-0.3, -0.25) is 9.69 Å². The van der Waals surface area contributed by atoms with E-state index in [1.807, 2.05) is 30.3 Å². The van der Waals surface area contributed by atoms with Gasteiger partial charge in [0.15, 0.2) is 0 Å². The Kier molecular flexibility index (Phi) is 4.72. The molecular weight excluding hydrogens is 344 g/mol. The predicted molar refractivity (Wildman–Crippen MR) is 112 cm³/mol. The van der Waals surface area contributed by atoms with E-state index in [4.69, 9.17) is 0 Å². The number of hydrogen-bond acceptors (Lipinski definition) is 2. The van der Waals surface area contributed by atoms with Crippen LogP contribution in [0.3, 0.4) is 0 Å². The van der Waals surface area contributed by atoms with Gasteiger partial charge in [-0.05, 0) is 61.1 Å². The third kappa shape index (κ3) is 3.60. The van der Waals surface area contributed by atoms with Crippen LogP contribution in [0.1, 0.15) is 53.9 Å². The Morgan fingerprint density at radius 2 is 1.54 bits per heavy atom. The number of amides is 1. The van der Waals surface area contributed by atoms with Crippen LogP contribution in [0.4, 0.5) is 0 Å². The monoisotopic (exact) mass is 374 g/mol. The summed E-state index contributed by atoms with van der Waals surface area (Å²) in [5, 5.41) is 0. The van der Waals surface area contributed by atoms with Crippen molar-refractivity contribution in [3.05, 3.63) is 71.8 Å². The van der Waals surface area contributed by atoms with E-state index in [0.717, 1.165) is 37.5 Å². The van der Waals surface area contributed by atoms with E-state index in [9.17, 15) is 4.79 Å². The van der Waals surface area contributed by atoms with Gasteiger partial charge in [-0.15, -0.1) is 0 Å². The summed E-state index contributed by atoms with van der Waals surface area (Å²) in [5.41, 5.74) is 2.69. The molecule has 1 spiro atoms. The number of hydrogen-bond donors (Lipinski definition) is 0. The van der Waals surface area contributed by atoms with Gasteiger partial charge in [0, 0.05) is 37.8 Å². The number of benzene rings is 2. The van der Waals surface area contributed by atoms with Crippen LogP contribution in [0.2, 0.25) is 0 Å².